The van der Waals surface area contributed by atoms with Gasteiger partial charge in [-0.15, -0.1) is 6.58 Å². The lowest BCUT2D eigenvalue weighted by atomic mass is 9.98. The molecule has 0 aromatic carbocycles. The zero-order valence-electron chi connectivity index (χ0n) is 8.49. The van der Waals surface area contributed by atoms with Crippen molar-refractivity contribution in [1.82, 2.24) is 4.72 Å². The Morgan fingerprint density at radius 1 is 1.64 bits per heavy atom. The molecule has 0 saturated heterocycles. The average molecular weight is 218 g/mol. The number of sulfonamides is 1. The molecule has 0 aromatic heterocycles. The molecule has 1 rings (SSSR count). The molecule has 82 valence electrons. The standard InChI is InChI=1S/C9H18N2O2S/c1-3-6-14(12,13)11-9(2,7-10)8-4-5-8/h3,8,11H,1,4-7,10H2,2H3. The van der Waals surface area contributed by atoms with E-state index in [-0.39, 0.29) is 5.75 Å². The molecule has 1 unspecified atom stereocenters. The third kappa shape index (κ3) is 2.80. The quantitative estimate of drug-likeness (QED) is 0.626. The molecule has 0 amide bonds. The largest absolute Gasteiger partial charge is 0.329 e. The van der Waals surface area contributed by atoms with Gasteiger partial charge in [-0.05, 0) is 25.7 Å². The summed E-state index contributed by atoms with van der Waals surface area (Å²) in [7, 11) is -3.25. The summed E-state index contributed by atoms with van der Waals surface area (Å²) < 4.78 is 25.7. The predicted molar refractivity (Wildman–Crippen MR) is 57.3 cm³/mol. The van der Waals surface area contributed by atoms with E-state index in [9.17, 15) is 8.42 Å². The van der Waals surface area contributed by atoms with Crippen LogP contribution in [0.15, 0.2) is 12.7 Å². The molecule has 1 aliphatic rings. The summed E-state index contributed by atoms with van der Waals surface area (Å²) in [4.78, 5) is 0. The van der Waals surface area contributed by atoms with Crippen LogP contribution in [0.3, 0.4) is 0 Å². The van der Waals surface area contributed by atoms with Crippen LogP contribution in [0.4, 0.5) is 0 Å². The number of rotatable bonds is 6. The topological polar surface area (TPSA) is 72.2 Å². The zero-order chi connectivity index (χ0) is 10.8. The van der Waals surface area contributed by atoms with Gasteiger partial charge in [-0.1, -0.05) is 6.08 Å². The first kappa shape index (κ1) is 11.7. The number of nitrogens with two attached hydrogens (primary N) is 1. The van der Waals surface area contributed by atoms with E-state index in [4.69, 9.17) is 5.73 Å². The lowest BCUT2D eigenvalue weighted by molar-refractivity contribution is 0.375. The van der Waals surface area contributed by atoms with Crippen LogP contribution >= 0.6 is 0 Å². The molecular formula is C9H18N2O2S. The van der Waals surface area contributed by atoms with Crippen molar-refractivity contribution in [2.24, 2.45) is 11.7 Å². The van der Waals surface area contributed by atoms with E-state index in [0.29, 0.717) is 12.5 Å². The van der Waals surface area contributed by atoms with Gasteiger partial charge in [0.2, 0.25) is 10.0 Å². The van der Waals surface area contributed by atoms with Crippen LogP contribution in [0.2, 0.25) is 0 Å². The van der Waals surface area contributed by atoms with Gasteiger partial charge in [0.15, 0.2) is 0 Å². The van der Waals surface area contributed by atoms with Crippen LogP contribution in [0.1, 0.15) is 19.8 Å². The maximum Gasteiger partial charge on any atom is 0.215 e. The molecule has 0 heterocycles. The monoisotopic (exact) mass is 218 g/mol. The Balaban J connectivity index is 2.68. The van der Waals surface area contributed by atoms with Crippen molar-refractivity contribution in [3.05, 3.63) is 12.7 Å². The summed E-state index contributed by atoms with van der Waals surface area (Å²) in [6, 6.07) is 0. The minimum absolute atomic E-state index is 0.0463. The van der Waals surface area contributed by atoms with Crippen LogP contribution in [0.5, 0.6) is 0 Å². The number of hydrogen-bond acceptors (Lipinski definition) is 3. The van der Waals surface area contributed by atoms with Crippen molar-refractivity contribution >= 4 is 10.0 Å². The van der Waals surface area contributed by atoms with Crippen molar-refractivity contribution in [3.8, 4) is 0 Å². The summed E-state index contributed by atoms with van der Waals surface area (Å²) in [5.74, 6) is 0.349. The fourth-order valence-corrected chi connectivity index (χ4v) is 2.92. The Morgan fingerprint density at radius 2 is 2.21 bits per heavy atom. The van der Waals surface area contributed by atoms with Crippen LogP contribution in [0.25, 0.3) is 0 Å². The van der Waals surface area contributed by atoms with Gasteiger partial charge in [0.05, 0.1) is 5.75 Å². The highest BCUT2D eigenvalue weighted by molar-refractivity contribution is 7.89. The first-order valence-electron chi connectivity index (χ1n) is 4.76. The van der Waals surface area contributed by atoms with Gasteiger partial charge >= 0.3 is 0 Å². The molecule has 14 heavy (non-hydrogen) atoms. The Hall–Kier alpha value is -0.390. The molecule has 0 aliphatic heterocycles. The highest BCUT2D eigenvalue weighted by atomic mass is 32.2. The maximum atomic E-state index is 11.5. The summed E-state index contributed by atoms with van der Waals surface area (Å²) >= 11 is 0. The highest BCUT2D eigenvalue weighted by Gasteiger charge is 2.42. The summed E-state index contributed by atoms with van der Waals surface area (Å²) in [5.41, 5.74) is 5.13. The predicted octanol–water partition coefficient (Wildman–Crippen LogP) is 0.219. The van der Waals surface area contributed by atoms with Gasteiger partial charge in [-0.2, -0.15) is 0 Å². The van der Waals surface area contributed by atoms with Gasteiger partial charge in [-0.3, -0.25) is 0 Å². The lowest BCUT2D eigenvalue weighted by Crippen LogP contribution is -2.53. The van der Waals surface area contributed by atoms with Gasteiger partial charge in [-0.25, -0.2) is 13.1 Å². The van der Waals surface area contributed by atoms with Crippen molar-refractivity contribution in [2.45, 2.75) is 25.3 Å². The van der Waals surface area contributed by atoms with Crippen molar-refractivity contribution in [1.29, 1.82) is 0 Å². The molecule has 0 radical (unpaired) electrons. The minimum atomic E-state index is -3.25. The van der Waals surface area contributed by atoms with E-state index in [1.165, 1.54) is 6.08 Å². The highest BCUT2D eigenvalue weighted by Crippen LogP contribution is 2.39. The second-order valence-corrected chi connectivity index (χ2v) is 5.83. The van der Waals surface area contributed by atoms with E-state index >= 15 is 0 Å². The molecular weight excluding hydrogens is 200 g/mol. The van der Waals surface area contributed by atoms with E-state index < -0.39 is 15.6 Å². The van der Waals surface area contributed by atoms with Crippen molar-refractivity contribution in [2.75, 3.05) is 12.3 Å². The fraction of sp³-hybridized carbons (Fsp3) is 0.778. The van der Waals surface area contributed by atoms with Crippen molar-refractivity contribution in [3.63, 3.8) is 0 Å². The molecule has 4 nitrogen and oxygen atoms in total. The molecule has 1 saturated carbocycles. The molecule has 1 fully saturated rings. The Morgan fingerprint density at radius 3 is 2.57 bits per heavy atom. The zero-order valence-corrected chi connectivity index (χ0v) is 9.31. The summed E-state index contributed by atoms with van der Waals surface area (Å²) in [6.07, 6.45) is 3.50. The third-order valence-electron chi connectivity index (χ3n) is 2.63. The van der Waals surface area contributed by atoms with Crippen molar-refractivity contribution < 1.29 is 8.42 Å². The first-order chi connectivity index (χ1) is 6.43. The molecule has 1 aliphatic carbocycles. The van der Waals surface area contributed by atoms with E-state index in [0.717, 1.165) is 12.8 Å². The molecule has 0 aromatic rings. The second kappa shape index (κ2) is 4.00. The Bertz CT molecular complexity index is 309. The normalized spacial score (nSPS) is 21.6. The molecule has 3 N–H and O–H groups in total. The SMILES string of the molecule is C=CCS(=O)(=O)NC(C)(CN)C1CC1. The van der Waals surface area contributed by atoms with Gasteiger partial charge in [0, 0.05) is 12.1 Å². The number of nitrogens with one attached hydrogen (secondary N) is 1. The molecule has 0 bridgehead atoms. The molecule has 5 heteroatoms. The fourth-order valence-electron chi connectivity index (χ4n) is 1.56. The van der Waals surface area contributed by atoms with Gasteiger partial charge in [0.25, 0.3) is 0 Å². The number of hydrogen-bond donors (Lipinski definition) is 2. The van der Waals surface area contributed by atoms with E-state index in [1.54, 1.807) is 0 Å². The van der Waals surface area contributed by atoms with Crippen LogP contribution in [0, 0.1) is 5.92 Å². The molecule has 1 atom stereocenters. The maximum absolute atomic E-state index is 11.5. The van der Waals surface area contributed by atoms with E-state index in [1.807, 2.05) is 6.92 Å². The minimum Gasteiger partial charge on any atom is -0.329 e. The summed E-state index contributed by atoms with van der Waals surface area (Å²) in [5, 5.41) is 0. The smallest absolute Gasteiger partial charge is 0.215 e. The average Bonchev–Trinajstić information content (AvgIpc) is 2.85. The Labute approximate surface area is 85.6 Å². The molecule has 0 spiro atoms. The third-order valence-corrected chi connectivity index (χ3v) is 4.08. The van der Waals surface area contributed by atoms with Crippen LogP contribution in [-0.4, -0.2) is 26.3 Å². The van der Waals surface area contributed by atoms with Gasteiger partial charge < -0.3 is 5.73 Å². The lowest BCUT2D eigenvalue weighted by Gasteiger charge is -2.28. The second-order valence-electron chi connectivity index (χ2n) is 4.07. The first-order valence-corrected chi connectivity index (χ1v) is 6.41. The Kier molecular flexibility index (Phi) is 3.34. The van der Waals surface area contributed by atoms with E-state index in [2.05, 4.69) is 11.3 Å². The van der Waals surface area contributed by atoms with Crippen LogP contribution < -0.4 is 10.5 Å². The van der Waals surface area contributed by atoms with Crippen LogP contribution in [-0.2, 0) is 10.0 Å². The van der Waals surface area contributed by atoms with Gasteiger partial charge in [0.1, 0.15) is 0 Å². The summed E-state index contributed by atoms with van der Waals surface area (Å²) in [6.45, 7) is 5.62.